The van der Waals surface area contributed by atoms with Gasteiger partial charge < -0.3 is 20.5 Å². The molecule has 1 fully saturated rings. The summed E-state index contributed by atoms with van der Waals surface area (Å²) in [6.07, 6.45) is 0.875. The SMILES string of the molecule is Cl.Cl.N=C(N)N(CCCN1CCOCC1)c1ccc(C(=O)O)cc1. The van der Waals surface area contributed by atoms with Crippen molar-refractivity contribution in [1.29, 1.82) is 5.41 Å². The summed E-state index contributed by atoms with van der Waals surface area (Å²) < 4.78 is 5.31. The van der Waals surface area contributed by atoms with Crippen molar-refractivity contribution < 1.29 is 14.6 Å². The number of carboxylic acids is 1. The predicted octanol–water partition coefficient (Wildman–Crippen LogP) is 1.65. The van der Waals surface area contributed by atoms with E-state index in [2.05, 4.69) is 4.90 Å². The minimum absolute atomic E-state index is 0. The van der Waals surface area contributed by atoms with E-state index >= 15 is 0 Å². The number of carbonyl (C=O) groups is 1. The van der Waals surface area contributed by atoms with Gasteiger partial charge in [0.15, 0.2) is 5.96 Å². The lowest BCUT2D eigenvalue weighted by molar-refractivity contribution is 0.0377. The number of anilines is 1. The summed E-state index contributed by atoms with van der Waals surface area (Å²) in [5, 5.41) is 16.6. The molecule has 1 aromatic carbocycles. The van der Waals surface area contributed by atoms with Gasteiger partial charge in [0.05, 0.1) is 18.8 Å². The summed E-state index contributed by atoms with van der Waals surface area (Å²) in [6, 6.07) is 6.41. The molecular weight excluding hydrogens is 355 g/mol. The molecule has 0 unspecified atom stereocenters. The van der Waals surface area contributed by atoms with Gasteiger partial charge in [-0.15, -0.1) is 24.8 Å². The molecule has 7 nitrogen and oxygen atoms in total. The Labute approximate surface area is 154 Å². The van der Waals surface area contributed by atoms with Crippen LogP contribution in [0.2, 0.25) is 0 Å². The Morgan fingerprint density at radius 2 is 1.83 bits per heavy atom. The number of nitrogens with two attached hydrogens (primary N) is 1. The maximum atomic E-state index is 10.9. The van der Waals surface area contributed by atoms with Crippen LogP contribution >= 0.6 is 24.8 Å². The minimum Gasteiger partial charge on any atom is -0.478 e. The number of nitrogens with zero attached hydrogens (tertiary/aromatic N) is 2. The van der Waals surface area contributed by atoms with Crippen LogP contribution in [0.1, 0.15) is 16.8 Å². The maximum absolute atomic E-state index is 10.9. The molecule has 1 aliphatic heterocycles. The largest absolute Gasteiger partial charge is 0.478 e. The zero-order valence-electron chi connectivity index (χ0n) is 13.3. The summed E-state index contributed by atoms with van der Waals surface area (Å²) in [5.41, 5.74) is 6.60. The summed E-state index contributed by atoms with van der Waals surface area (Å²) in [4.78, 5) is 14.9. The highest BCUT2D eigenvalue weighted by Crippen LogP contribution is 2.15. The van der Waals surface area contributed by atoms with Gasteiger partial charge in [0, 0.05) is 31.9 Å². The Morgan fingerprint density at radius 3 is 2.33 bits per heavy atom. The summed E-state index contributed by atoms with van der Waals surface area (Å²) in [6.45, 7) is 4.97. The van der Waals surface area contributed by atoms with E-state index in [1.165, 1.54) is 12.1 Å². The van der Waals surface area contributed by atoms with Crippen LogP contribution in [0.5, 0.6) is 0 Å². The number of benzene rings is 1. The predicted molar refractivity (Wildman–Crippen MR) is 99.0 cm³/mol. The van der Waals surface area contributed by atoms with Crippen LogP contribution in [0.15, 0.2) is 24.3 Å². The first-order valence-corrected chi connectivity index (χ1v) is 7.33. The average molecular weight is 379 g/mol. The van der Waals surface area contributed by atoms with Gasteiger partial charge in [-0.25, -0.2) is 4.79 Å². The Bertz CT molecular complexity index is 522. The second-order valence-electron chi connectivity index (χ2n) is 5.20. The monoisotopic (exact) mass is 378 g/mol. The normalized spacial score (nSPS) is 14.2. The molecule has 1 heterocycles. The first kappa shape index (κ1) is 22.5. The molecule has 4 N–H and O–H groups in total. The Balaban J connectivity index is 0.00000264. The van der Waals surface area contributed by atoms with E-state index in [4.69, 9.17) is 21.0 Å². The van der Waals surface area contributed by atoms with Crippen molar-refractivity contribution in [2.45, 2.75) is 6.42 Å². The molecule has 0 bridgehead atoms. The summed E-state index contributed by atoms with van der Waals surface area (Å²) in [5.74, 6) is -1.00. The lowest BCUT2D eigenvalue weighted by Gasteiger charge is -2.28. The molecule has 1 aliphatic rings. The molecule has 0 radical (unpaired) electrons. The molecule has 136 valence electrons. The third kappa shape index (κ3) is 6.52. The molecule has 0 amide bonds. The minimum atomic E-state index is -0.965. The molecule has 1 saturated heterocycles. The number of ether oxygens (including phenoxy) is 1. The lowest BCUT2D eigenvalue weighted by Crippen LogP contribution is -2.41. The molecule has 0 aromatic heterocycles. The number of halogens is 2. The van der Waals surface area contributed by atoms with E-state index in [-0.39, 0.29) is 36.3 Å². The molecule has 2 rings (SSSR count). The second-order valence-corrected chi connectivity index (χ2v) is 5.20. The van der Waals surface area contributed by atoms with Gasteiger partial charge in [-0.05, 0) is 30.7 Å². The number of hydrogen-bond donors (Lipinski definition) is 3. The van der Waals surface area contributed by atoms with Crippen molar-refractivity contribution in [2.75, 3.05) is 44.3 Å². The average Bonchev–Trinajstić information content (AvgIpc) is 2.52. The fourth-order valence-corrected chi connectivity index (χ4v) is 2.45. The number of guanidine groups is 1. The third-order valence-electron chi connectivity index (χ3n) is 3.68. The van der Waals surface area contributed by atoms with E-state index in [1.807, 2.05) is 0 Å². The highest BCUT2D eigenvalue weighted by Gasteiger charge is 2.13. The highest BCUT2D eigenvalue weighted by atomic mass is 35.5. The first-order chi connectivity index (χ1) is 10.6. The van der Waals surface area contributed by atoms with Gasteiger partial charge in [0.25, 0.3) is 0 Å². The molecule has 9 heteroatoms. The van der Waals surface area contributed by atoms with Gasteiger partial charge >= 0.3 is 5.97 Å². The number of rotatable bonds is 6. The van der Waals surface area contributed by atoms with E-state index < -0.39 is 5.97 Å². The van der Waals surface area contributed by atoms with Crippen molar-refractivity contribution in [2.24, 2.45) is 5.73 Å². The highest BCUT2D eigenvalue weighted by molar-refractivity contribution is 5.93. The molecular formula is C15H24Cl2N4O3. The number of aromatic carboxylic acids is 1. The van der Waals surface area contributed by atoms with Crippen LogP contribution in [-0.2, 0) is 4.74 Å². The fraction of sp³-hybridized carbons (Fsp3) is 0.467. The molecule has 0 atom stereocenters. The van der Waals surface area contributed by atoms with Crippen LogP contribution in [-0.4, -0.2) is 61.3 Å². The molecule has 24 heavy (non-hydrogen) atoms. The number of morpholine rings is 1. The van der Waals surface area contributed by atoms with Crippen molar-refractivity contribution in [3.05, 3.63) is 29.8 Å². The van der Waals surface area contributed by atoms with Crippen molar-refractivity contribution in [3.8, 4) is 0 Å². The Kier molecular flexibility index (Phi) is 10.4. The number of carboxylic acid groups (broad SMARTS) is 1. The van der Waals surface area contributed by atoms with Crippen LogP contribution in [0.3, 0.4) is 0 Å². The van der Waals surface area contributed by atoms with Crippen molar-refractivity contribution in [1.82, 2.24) is 4.90 Å². The summed E-state index contributed by atoms with van der Waals surface area (Å²) >= 11 is 0. The van der Waals surface area contributed by atoms with E-state index in [9.17, 15) is 4.79 Å². The maximum Gasteiger partial charge on any atom is 0.335 e. The number of hydrogen-bond acceptors (Lipinski definition) is 4. The van der Waals surface area contributed by atoms with Crippen LogP contribution < -0.4 is 10.6 Å². The second kappa shape index (κ2) is 11.1. The van der Waals surface area contributed by atoms with Gasteiger partial charge in [0.1, 0.15) is 0 Å². The third-order valence-corrected chi connectivity index (χ3v) is 3.68. The van der Waals surface area contributed by atoms with Gasteiger partial charge in [-0.1, -0.05) is 0 Å². The molecule has 0 spiro atoms. The molecule has 1 aromatic rings. The van der Waals surface area contributed by atoms with Gasteiger partial charge in [-0.3, -0.25) is 10.3 Å². The van der Waals surface area contributed by atoms with Crippen LogP contribution in [0.4, 0.5) is 5.69 Å². The fourth-order valence-electron chi connectivity index (χ4n) is 2.45. The van der Waals surface area contributed by atoms with Crippen LogP contribution in [0.25, 0.3) is 0 Å². The zero-order valence-corrected chi connectivity index (χ0v) is 14.9. The first-order valence-electron chi connectivity index (χ1n) is 7.33. The Hall–Kier alpha value is -1.54. The van der Waals surface area contributed by atoms with Gasteiger partial charge in [-0.2, -0.15) is 0 Å². The quantitative estimate of drug-likeness (QED) is 0.513. The Morgan fingerprint density at radius 1 is 1.25 bits per heavy atom. The van der Waals surface area contributed by atoms with Crippen molar-refractivity contribution in [3.63, 3.8) is 0 Å². The van der Waals surface area contributed by atoms with E-state index in [0.717, 1.165) is 45.0 Å². The van der Waals surface area contributed by atoms with Crippen molar-refractivity contribution >= 4 is 42.4 Å². The lowest BCUT2D eigenvalue weighted by atomic mass is 10.2. The topological polar surface area (TPSA) is 103 Å². The number of nitrogens with one attached hydrogen (secondary N) is 1. The summed E-state index contributed by atoms with van der Waals surface area (Å²) in [7, 11) is 0. The standard InChI is InChI=1S/C15H22N4O3.2ClH/c16-15(17)19(7-1-6-18-8-10-22-11-9-18)13-4-2-12(3-5-13)14(20)21;;/h2-5H,1,6-11H2,(H3,16,17)(H,20,21);2*1H. The molecule has 0 aliphatic carbocycles. The molecule has 0 saturated carbocycles. The zero-order chi connectivity index (χ0) is 15.9. The van der Waals surface area contributed by atoms with E-state index in [1.54, 1.807) is 17.0 Å². The van der Waals surface area contributed by atoms with Gasteiger partial charge in [0.2, 0.25) is 0 Å². The van der Waals surface area contributed by atoms with Crippen LogP contribution in [0, 0.1) is 5.41 Å². The van der Waals surface area contributed by atoms with E-state index in [0.29, 0.717) is 6.54 Å². The smallest absolute Gasteiger partial charge is 0.335 e.